The first-order valence-corrected chi connectivity index (χ1v) is 1.25. The molecule has 0 spiro atoms. The second-order valence-corrected chi connectivity index (χ2v) is 0.500. The maximum absolute atomic E-state index is 6.04. The molecule has 0 unspecified atom stereocenters. The Morgan fingerprint density at radius 1 is 1.75 bits per heavy atom. The first-order valence-electron chi connectivity index (χ1n) is 0.750. The Morgan fingerprint density at radius 2 is 2.00 bits per heavy atom. The Labute approximate surface area is 26.7 Å². The van der Waals surface area contributed by atoms with Gasteiger partial charge < -0.3 is 0 Å². The third kappa shape index (κ3) is 1.66. The number of hydrogen-bond acceptors (Lipinski definition) is 1. The molecule has 0 saturated carbocycles. The lowest BCUT2D eigenvalue weighted by Gasteiger charge is -1.19. The molecule has 2 heteroatoms. The number of hydrogen-bond donors (Lipinski definition) is 1. The summed E-state index contributed by atoms with van der Waals surface area (Å²) in [6.45, 7) is 0. The SMILES string of the molecule is N=C=C=P. The molecule has 0 atom stereocenters. The van der Waals surface area contributed by atoms with Crippen LogP contribution in [0.1, 0.15) is 0 Å². The molecule has 0 bridgehead atoms. The summed E-state index contributed by atoms with van der Waals surface area (Å²) in [5, 5.41) is 6.04. The van der Waals surface area contributed by atoms with Crippen LogP contribution in [0.15, 0.2) is 0 Å². The molecule has 0 aliphatic carbocycles. The van der Waals surface area contributed by atoms with E-state index in [0.29, 0.717) is 0 Å². The molecule has 0 aliphatic heterocycles. The zero-order valence-electron chi connectivity index (χ0n) is 2.00. The van der Waals surface area contributed by atoms with Gasteiger partial charge in [0.05, 0.1) is 0 Å². The average Bonchev–Trinajstić information content (AvgIpc) is 1.37. The van der Waals surface area contributed by atoms with Crippen molar-refractivity contribution in [3.05, 3.63) is 0 Å². The lowest BCUT2D eigenvalue weighted by molar-refractivity contribution is 1.60. The highest BCUT2D eigenvalue weighted by Crippen LogP contribution is 1.30. The van der Waals surface area contributed by atoms with Crippen LogP contribution in [0, 0.1) is 5.41 Å². The van der Waals surface area contributed by atoms with E-state index in [0.717, 1.165) is 0 Å². The molecule has 0 aromatic carbocycles. The summed E-state index contributed by atoms with van der Waals surface area (Å²) in [6.07, 6.45) is 0. The molecule has 0 saturated heterocycles. The van der Waals surface area contributed by atoms with Gasteiger partial charge in [0.15, 0.2) is 0 Å². The van der Waals surface area contributed by atoms with Crippen molar-refractivity contribution in [3.63, 3.8) is 0 Å². The highest BCUT2D eigenvalue weighted by Gasteiger charge is 1.11. The fourth-order valence-corrected chi connectivity index (χ4v) is 0. The van der Waals surface area contributed by atoms with E-state index in [1.807, 2.05) is 5.87 Å². The number of rotatable bonds is 0. The van der Waals surface area contributed by atoms with E-state index in [2.05, 4.69) is 14.3 Å². The minimum atomic E-state index is 1.84. The van der Waals surface area contributed by atoms with Crippen molar-refractivity contribution in [1.82, 2.24) is 0 Å². The van der Waals surface area contributed by atoms with Gasteiger partial charge in [-0.1, -0.05) is 8.86 Å². The van der Waals surface area contributed by atoms with Crippen molar-refractivity contribution in [2.45, 2.75) is 0 Å². The smallest absolute Gasteiger partial charge is 0.0348 e. The maximum atomic E-state index is 6.04. The van der Waals surface area contributed by atoms with Gasteiger partial charge in [-0.25, -0.2) is 0 Å². The van der Waals surface area contributed by atoms with Crippen LogP contribution in [0.3, 0.4) is 0 Å². The van der Waals surface area contributed by atoms with E-state index in [-0.39, 0.29) is 0 Å². The second-order valence-electron chi connectivity index (χ2n) is 0.250. The van der Waals surface area contributed by atoms with Gasteiger partial charge in [0.2, 0.25) is 0 Å². The highest BCUT2D eigenvalue weighted by molar-refractivity contribution is 7.18. The molecule has 20 valence electrons. The van der Waals surface area contributed by atoms with E-state index < -0.39 is 0 Å². The monoisotopic (exact) mass is 71.0 g/mol. The van der Waals surface area contributed by atoms with Crippen molar-refractivity contribution in [3.8, 4) is 0 Å². The Kier molecular flexibility index (Phi) is 2.43. The second kappa shape index (κ2) is 2.66. The van der Waals surface area contributed by atoms with Gasteiger partial charge in [0.1, 0.15) is 0 Å². The fourth-order valence-electron chi connectivity index (χ4n) is 0. The van der Waals surface area contributed by atoms with Crippen molar-refractivity contribution in [2.24, 2.45) is 0 Å². The summed E-state index contributed by atoms with van der Waals surface area (Å²) in [7, 11) is 2.74. The Balaban J connectivity index is 3.95. The quantitative estimate of drug-likeness (QED) is 0.314. The third-order valence-corrected chi connectivity index (χ3v) is 0.188. The van der Waals surface area contributed by atoms with E-state index >= 15 is 0 Å². The maximum Gasteiger partial charge on any atom is 0.0348 e. The van der Waals surface area contributed by atoms with Crippen LogP contribution in [0.25, 0.3) is 0 Å². The van der Waals surface area contributed by atoms with Gasteiger partial charge in [-0.2, -0.15) is 0 Å². The Morgan fingerprint density at radius 3 is 2.00 bits per heavy atom. The largest absolute Gasteiger partial charge is 0.251 e. The average molecular weight is 71.0 g/mol. The van der Waals surface area contributed by atoms with Gasteiger partial charge in [-0.15, -0.1) is 0 Å². The predicted octanol–water partition coefficient (Wildman–Crippen LogP) is 0.335. The van der Waals surface area contributed by atoms with Crippen LogP contribution in [-0.4, -0.2) is 11.3 Å². The van der Waals surface area contributed by atoms with Crippen LogP contribution >= 0.6 is 8.86 Å². The molecule has 0 fully saturated rings. The first-order chi connectivity index (χ1) is 1.91. The number of nitrogens with one attached hydrogen (secondary N) is 1. The predicted molar refractivity (Wildman–Crippen MR) is 21.0 cm³/mol. The molecule has 4 heavy (non-hydrogen) atoms. The van der Waals surface area contributed by atoms with Crippen LogP contribution in [0.2, 0.25) is 0 Å². The molecule has 0 aromatic heterocycles. The molecule has 0 rings (SSSR count). The highest BCUT2D eigenvalue weighted by atomic mass is 31.0. The molecule has 0 amide bonds. The zero-order chi connectivity index (χ0) is 3.41. The van der Waals surface area contributed by atoms with Crippen molar-refractivity contribution >= 4 is 20.2 Å². The summed E-state index contributed by atoms with van der Waals surface area (Å²) >= 11 is 0. The van der Waals surface area contributed by atoms with Crippen LogP contribution in [-0.2, 0) is 0 Å². The lowest BCUT2D eigenvalue weighted by atomic mass is 11.2. The molecule has 0 aliphatic rings. The lowest BCUT2D eigenvalue weighted by Crippen LogP contribution is -1.29. The van der Waals surface area contributed by atoms with Gasteiger partial charge >= 0.3 is 0 Å². The third-order valence-electron chi connectivity index (χ3n) is 0.0625. The van der Waals surface area contributed by atoms with Gasteiger partial charge in [0.25, 0.3) is 0 Å². The van der Waals surface area contributed by atoms with E-state index in [4.69, 9.17) is 5.41 Å². The Bertz CT molecular complexity index is 56.1. The van der Waals surface area contributed by atoms with E-state index in [9.17, 15) is 0 Å². The van der Waals surface area contributed by atoms with Crippen LogP contribution in [0.4, 0.5) is 0 Å². The standard InChI is InChI=1S/C2H2NP/c3-1-2-4/h3-4H. The van der Waals surface area contributed by atoms with Gasteiger partial charge in [-0.05, 0) is 5.45 Å². The van der Waals surface area contributed by atoms with Gasteiger partial charge in [0, 0.05) is 5.87 Å². The summed E-state index contributed by atoms with van der Waals surface area (Å²) < 4.78 is 0. The molecule has 1 nitrogen and oxygen atoms in total. The Hall–Kier alpha value is -0.340. The molecule has 0 aromatic rings. The van der Waals surface area contributed by atoms with Crippen molar-refractivity contribution < 1.29 is 0 Å². The van der Waals surface area contributed by atoms with E-state index in [1.165, 1.54) is 0 Å². The summed E-state index contributed by atoms with van der Waals surface area (Å²) in [5.74, 6) is 1.84. The summed E-state index contributed by atoms with van der Waals surface area (Å²) in [5.41, 5.74) is 2.15. The summed E-state index contributed by atoms with van der Waals surface area (Å²) in [6, 6.07) is 0. The van der Waals surface area contributed by atoms with Crippen molar-refractivity contribution in [2.75, 3.05) is 0 Å². The molecule has 0 radical (unpaired) electrons. The van der Waals surface area contributed by atoms with Crippen LogP contribution < -0.4 is 0 Å². The van der Waals surface area contributed by atoms with E-state index in [1.54, 1.807) is 0 Å². The molecular weight excluding hydrogens is 69.0 g/mol. The molecule has 1 N–H and O–H groups in total. The zero-order valence-corrected chi connectivity index (χ0v) is 3.00. The summed E-state index contributed by atoms with van der Waals surface area (Å²) in [4.78, 5) is 0. The van der Waals surface area contributed by atoms with Gasteiger partial charge in [-0.3, -0.25) is 5.41 Å². The minimum Gasteiger partial charge on any atom is -0.251 e. The van der Waals surface area contributed by atoms with Crippen molar-refractivity contribution in [1.29, 1.82) is 5.41 Å². The normalized spacial score (nSPS) is 3.00. The molecular formula is C2H2NP. The fraction of sp³-hybridized carbons (Fsp3) is 0. The molecule has 0 heterocycles. The topological polar surface area (TPSA) is 23.9 Å². The first kappa shape index (κ1) is 3.66. The van der Waals surface area contributed by atoms with Crippen LogP contribution in [0.5, 0.6) is 0 Å². The minimum absolute atomic E-state index is 1.84.